The molecule has 0 aromatic carbocycles. The minimum Gasteiger partial charge on any atom is -0.339 e. The molecule has 0 spiro atoms. The van der Waals surface area contributed by atoms with Crippen molar-refractivity contribution in [2.75, 3.05) is 13.1 Å². The van der Waals surface area contributed by atoms with Crippen molar-refractivity contribution in [1.29, 1.82) is 0 Å². The van der Waals surface area contributed by atoms with Crippen LogP contribution in [0.3, 0.4) is 0 Å². The predicted octanol–water partition coefficient (Wildman–Crippen LogP) is 1.53. The number of aromatic nitrogens is 3. The van der Waals surface area contributed by atoms with E-state index in [1.165, 1.54) is 12.8 Å². The Kier molecular flexibility index (Phi) is 4.25. The molecule has 136 valence electrons. The Balaban J connectivity index is 1.42. The van der Waals surface area contributed by atoms with Crippen molar-refractivity contribution >= 4 is 11.8 Å². The van der Waals surface area contributed by atoms with Crippen LogP contribution in [0.2, 0.25) is 0 Å². The van der Waals surface area contributed by atoms with Crippen molar-refractivity contribution in [3.05, 3.63) is 11.6 Å². The average molecular weight is 345 g/mol. The summed E-state index contributed by atoms with van der Waals surface area (Å²) in [5, 5.41) is 8.55. The molecule has 0 radical (unpaired) electrons. The van der Waals surface area contributed by atoms with Gasteiger partial charge >= 0.3 is 0 Å². The monoisotopic (exact) mass is 345 g/mol. The highest BCUT2D eigenvalue weighted by Crippen LogP contribution is 2.31. The van der Waals surface area contributed by atoms with Crippen molar-refractivity contribution in [3.63, 3.8) is 0 Å². The zero-order valence-electron chi connectivity index (χ0n) is 15.1. The molecule has 7 heteroatoms. The molecule has 1 atom stereocenters. The highest BCUT2D eigenvalue weighted by molar-refractivity contribution is 5.89. The fourth-order valence-electron chi connectivity index (χ4n) is 4.52. The molecular formula is C18H27N5O2. The van der Waals surface area contributed by atoms with E-state index >= 15 is 0 Å². The van der Waals surface area contributed by atoms with Crippen LogP contribution in [0.5, 0.6) is 0 Å². The Morgan fingerprint density at radius 2 is 1.92 bits per heavy atom. The van der Waals surface area contributed by atoms with Crippen LogP contribution in [0.15, 0.2) is 0 Å². The Hall–Kier alpha value is -1.92. The van der Waals surface area contributed by atoms with Crippen molar-refractivity contribution in [2.24, 2.45) is 5.92 Å². The molecule has 1 aromatic heterocycles. The van der Waals surface area contributed by atoms with Crippen LogP contribution in [-0.4, -0.2) is 55.5 Å². The van der Waals surface area contributed by atoms with Gasteiger partial charge in [0.05, 0.1) is 12.5 Å². The second-order valence-electron chi connectivity index (χ2n) is 7.93. The lowest BCUT2D eigenvalue weighted by Gasteiger charge is -2.30. The highest BCUT2D eigenvalue weighted by Gasteiger charge is 2.40. The summed E-state index contributed by atoms with van der Waals surface area (Å²) in [7, 11) is 0. The van der Waals surface area contributed by atoms with Gasteiger partial charge in [-0.1, -0.05) is 26.7 Å². The third kappa shape index (κ3) is 2.93. The van der Waals surface area contributed by atoms with Gasteiger partial charge in [-0.05, 0) is 12.8 Å². The topological polar surface area (TPSA) is 71.3 Å². The third-order valence-corrected chi connectivity index (χ3v) is 5.88. The number of carbonyl (C=O) groups excluding carboxylic acids is 2. The molecule has 4 rings (SSSR count). The van der Waals surface area contributed by atoms with Gasteiger partial charge in [0.2, 0.25) is 11.8 Å². The lowest BCUT2D eigenvalue weighted by Crippen LogP contribution is -2.43. The smallest absolute Gasteiger partial charge is 0.228 e. The highest BCUT2D eigenvalue weighted by atomic mass is 16.2. The Morgan fingerprint density at radius 3 is 2.64 bits per heavy atom. The maximum atomic E-state index is 12.9. The van der Waals surface area contributed by atoms with Crippen LogP contribution in [0, 0.1) is 5.92 Å². The molecule has 1 aliphatic carbocycles. The fourth-order valence-corrected chi connectivity index (χ4v) is 4.52. The normalized spacial score (nSPS) is 24.4. The SMILES string of the molecule is CC(C)c1nnc2n1CCN(C(=O)[C@@H]1CC(=O)N(C3CCCC3)C1)C2. The lowest BCUT2D eigenvalue weighted by molar-refractivity contribution is -0.137. The van der Waals surface area contributed by atoms with Crippen molar-refractivity contribution < 1.29 is 9.59 Å². The van der Waals surface area contributed by atoms with E-state index in [0.29, 0.717) is 38.0 Å². The van der Waals surface area contributed by atoms with Crippen LogP contribution < -0.4 is 0 Å². The van der Waals surface area contributed by atoms with Crippen molar-refractivity contribution in [3.8, 4) is 0 Å². The first-order valence-corrected chi connectivity index (χ1v) is 9.55. The molecule has 1 aromatic rings. The van der Waals surface area contributed by atoms with E-state index in [1.807, 2.05) is 9.80 Å². The summed E-state index contributed by atoms with van der Waals surface area (Å²) < 4.78 is 2.14. The maximum Gasteiger partial charge on any atom is 0.228 e. The van der Waals surface area contributed by atoms with Crippen molar-refractivity contribution in [2.45, 2.75) is 71.0 Å². The second kappa shape index (κ2) is 6.42. The Labute approximate surface area is 148 Å². The van der Waals surface area contributed by atoms with E-state index in [1.54, 1.807) is 0 Å². The predicted molar refractivity (Wildman–Crippen MR) is 91.6 cm³/mol. The minimum absolute atomic E-state index is 0.106. The Bertz CT molecular complexity index is 677. The van der Waals surface area contributed by atoms with Gasteiger partial charge in [0.15, 0.2) is 5.82 Å². The molecule has 1 saturated carbocycles. The summed E-state index contributed by atoms with van der Waals surface area (Å²) >= 11 is 0. The molecule has 0 unspecified atom stereocenters. The van der Waals surface area contributed by atoms with E-state index in [4.69, 9.17) is 0 Å². The fraction of sp³-hybridized carbons (Fsp3) is 0.778. The van der Waals surface area contributed by atoms with Gasteiger partial charge in [0.25, 0.3) is 0 Å². The standard InChI is InChI=1S/C18H27N5O2/c1-12(2)17-20-19-15-11-21(7-8-22(15)17)18(25)13-9-16(24)23(10-13)14-5-3-4-6-14/h12-14H,3-11H2,1-2H3/t13-/m1/s1. The van der Waals surface area contributed by atoms with Gasteiger partial charge in [0, 0.05) is 38.0 Å². The summed E-state index contributed by atoms with van der Waals surface area (Å²) in [6, 6.07) is 0.364. The molecule has 0 N–H and O–H groups in total. The van der Waals surface area contributed by atoms with E-state index in [0.717, 1.165) is 31.0 Å². The molecule has 2 aliphatic heterocycles. The number of hydrogen-bond donors (Lipinski definition) is 0. The van der Waals surface area contributed by atoms with Crippen LogP contribution >= 0.6 is 0 Å². The average Bonchev–Trinajstić information content (AvgIpc) is 3.32. The molecular weight excluding hydrogens is 318 g/mol. The van der Waals surface area contributed by atoms with Gasteiger partial charge < -0.3 is 14.4 Å². The third-order valence-electron chi connectivity index (χ3n) is 5.88. The first-order chi connectivity index (χ1) is 12.0. The number of carbonyl (C=O) groups is 2. The molecule has 3 heterocycles. The van der Waals surface area contributed by atoms with Crippen LogP contribution in [0.25, 0.3) is 0 Å². The molecule has 7 nitrogen and oxygen atoms in total. The summed E-state index contributed by atoms with van der Waals surface area (Å²) in [6.07, 6.45) is 4.96. The van der Waals surface area contributed by atoms with E-state index in [9.17, 15) is 9.59 Å². The first-order valence-electron chi connectivity index (χ1n) is 9.55. The number of nitrogens with zero attached hydrogens (tertiary/aromatic N) is 5. The lowest BCUT2D eigenvalue weighted by atomic mass is 10.1. The number of likely N-dealkylation sites (tertiary alicyclic amines) is 1. The summed E-state index contributed by atoms with van der Waals surface area (Å²) in [6.45, 7) is 6.74. The number of amides is 2. The van der Waals surface area contributed by atoms with Gasteiger partial charge in [0.1, 0.15) is 5.82 Å². The zero-order chi connectivity index (χ0) is 17.6. The van der Waals surface area contributed by atoms with Gasteiger partial charge in [-0.15, -0.1) is 10.2 Å². The minimum atomic E-state index is -0.188. The van der Waals surface area contributed by atoms with E-state index < -0.39 is 0 Å². The number of rotatable bonds is 3. The first kappa shape index (κ1) is 16.5. The van der Waals surface area contributed by atoms with Crippen LogP contribution in [0.4, 0.5) is 0 Å². The quantitative estimate of drug-likeness (QED) is 0.833. The second-order valence-corrected chi connectivity index (χ2v) is 7.93. The van der Waals surface area contributed by atoms with Gasteiger partial charge in [-0.25, -0.2) is 0 Å². The summed E-state index contributed by atoms with van der Waals surface area (Å²) in [4.78, 5) is 29.1. The number of fused-ring (bicyclic) bond motifs is 1. The number of hydrogen-bond acceptors (Lipinski definition) is 4. The molecule has 3 aliphatic rings. The van der Waals surface area contributed by atoms with Crippen molar-refractivity contribution in [1.82, 2.24) is 24.6 Å². The molecule has 2 amide bonds. The largest absolute Gasteiger partial charge is 0.339 e. The maximum absolute atomic E-state index is 12.9. The zero-order valence-corrected chi connectivity index (χ0v) is 15.1. The summed E-state index contributed by atoms with van der Waals surface area (Å²) in [5.74, 6) is 2.26. The van der Waals surface area contributed by atoms with E-state index in [-0.39, 0.29) is 17.7 Å². The summed E-state index contributed by atoms with van der Waals surface area (Å²) in [5.41, 5.74) is 0. The van der Waals surface area contributed by atoms with Gasteiger partial charge in [-0.3, -0.25) is 9.59 Å². The van der Waals surface area contributed by atoms with Gasteiger partial charge in [-0.2, -0.15) is 0 Å². The molecule has 1 saturated heterocycles. The van der Waals surface area contributed by atoms with Crippen LogP contribution in [0.1, 0.15) is 63.5 Å². The molecule has 0 bridgehead atoms. The molecule has 2 fully saturated rings. The van der Waals surface area contributed by atoms with E-state index in [2.05, 4.69) is 28.6 Å². The molecule has 25 heavy (non-hydrogen) atoms. The Morgan fingerprint density at radius 1 is 1.16 bits per heavy atom. The van der Waals surface area contributed by atoms with Crippen LogP contribution in [-0.2, 0) is 22.7 Å².